The molecule has 0 spiro atoms. The molecule has 4 aliphatic rings. The molecule has 7 aromatic carbocycles. The van der Waals surface area contributed by atoms with Gasteiger partial charge in [0.25, 0.3) is 6.71 Å². The average Bonchev–Trinajstić information content (AvgIpc) is 3.89. The first kappa shape index (κ1) is 41.0. The van der Waals surface area contributed by atoms with Gasteiger partial charge in [-0.3, -0.25) is 0 Å². The molecule has 5 heteroatoms. The van der Waals surface area contributed by atoms with Crippen LogP contribution in [0.3, 0.4) is 0 Å². The van der Waals surface area contributed by atoms with Crippen molar-refractivity contribution < 1.29 is 4.74 Å². The Bertz CT molecular complexity index is 3540. The Morgan fingerprint density at radius 3 is 1.79 bits per heavy atom. The van der Waals surface area contributed by atoms with Crippen molar-refractivity contribution in [2.45, 2.75) is 129 Å². The SMILES string of the molecule is CC(C)(C)c1ccc(N2c3cc4c(cc3B3c5ccc6c(c5N(c5ccc(C(C)(C)C)cc5)c5cc(C(C)(C)C)cc2c53)c2cccc3c5ccccc5n6c32)OC2(C)CCCCC42C)cc1. The molecular formula is C62H62BN3O. The van der Waals surface area contributed by atoms with Gasteiger partial charge in [-0.15, -0.1) is 0 Å². The largest absolute Gasteiger partial charge is 0.486 e. The van der Waals surface area contributed by atoms with Gasteiger partial charge in [-0.2, -0.15) is 0 Å². The number of hydrogen-bond acceptors (Lipinski definition) is 3. The molecule has 2 aromatic heterocycles. The van der Waals surface area contributed by atoms with E-state index in [0.717, 1.165) is 18.6 Å². The zero-order valence-corrected chi connectivity index (χ0v) is 41.3. The highest BCUT2D eigenvalue weighted by Gasteiger charge is 2.56. The van der Waals surface area contributed by atoms with Gasteiger partial charge in [0.05, 0.1) is 22.2 Å². The number of aromatic nitrogens is 1. The smallest absolute Gasteiger partial charge is 0.252 e. The lowest BCUT2D eigenvalue weighted by molar-refractivity contribution is 0.00742. The molecule has 0 bridgehead atoms. The predicted octanol–water partition coefficient (Wildman–Crippen LogP) is 14.8. The molecule has 1 aliphatic carbocycles. The Morgan fingerprint density at radius 2 is 1.12 bits per heavy atom. The lowest BCUT2D eigenvalue weighted by Crippen LogP contribution is -2.61. The summed E-state index contributed by atoms with van der Waals surface area (Å²) >= 11 is 0. The van der Waals surface area contributed by atoms with E-state index in [1.165, 1.54) is 124 Å². The molecule has 0 radical (unpaired) electrons. The van der Waals surface area contributed by atoms with E-state index in [9.17, 15) is 0 Å². The first-order valence-corrected chi connectivity index (χ1v) is 24.9. The number of hydrogen-bond donors (Lipinski definition) is 0. The highest BCUT2D eigenvalue weighted by Crippen LogP contribution is 2.58. The van der Waals surface area contributed by atoms with Gasteiger partial charge in [-0.05, 0) is 136 Å². The minimum Gasteiger partial charge on any atom is -0.486 e. The topological polar surface area (TPSA) is 20.1 Å². The van der Waals surface area contributed by atoms with Crippen molar-refractivity contribution in [2.24, 2.45) is 0 Å². The van der Waals surface area contributed by atoms with Crippen molar-refractivity contribution >= 4 is 95.3 Å². The van der Waals surface area contributed by atoms with Crippen LogP contribution in [0.1, 0.15) is 124 Å². The second-order valence-corrected chi connectivity index (χ2v) is 24.1. The monoisotopic (exact) mass is 875 g/mol. The minimum absolute atomic E-state index is 0.0248. The van der Waals surface area contributed by atoms with Crippen LogP contribution < -0.4 is 30.9 Å². The fourth-order valence-corrected chi connectivity index (χ4v) is 13.0. The molecule has 9 aromatic rings. The summed E-state index contributed by atoms with van der Waals surface area (Å²) in [5.41, 5.74) is 20.2. The van der Waals surface area contributed by atoms with Gasteiger partial charge in [0.15, 0.2) is 0 Å². The Balaban J connectivity index is 1.18. The third kappa shape index (κ3) is 5.49. The molecule has 0 N–H and O–H groups in total. The van der Waals surface area contributed by atoms with Crippen molar-refractivity contribution in [3.8, 4) is 5.75 Å². The van der Waals surface area contributed by atoms with Gasteiger partial charge in [0.1, 0.15) is 11.4 Å². The van der Waals surface area contributed by atoms with Crippen LogP contribution in [-0.4, -0.2) is 16.7 Å². The molecule has 1 saturated carbocycles. The summed E-state index contributed by atoms with van der Waals surface area (Å²) in [4.78, 5) is 5.29. The standard InChI is InChI=1S/C62H62BN3O/c1-58(2,3)37-21-25-40(26-22-37)64-50-35-45-53(67-62(11)32-15-14-31-61(45,62)10)36-47(50)63-46-29-30-49-54(44-19-16-18-43-42-17-12-13-20-48(42)66(49)56(43)44)57(46)65(41-27-23-38(24-28-41)59(4,5)6)52-34-39(60(7,8)9)33-51(64)55(52)63/h12-13,16-30,33-36H,14-15,31-32H2,1-11H3. The predicted molar refractivity (Wildman–Crippen MR) is 286 cm³/mol. The summed E-state index contributed by atoms with van der Waals surface area (Å²) in [7, 11) is 0. The zero-order chi connectivity index (χ0) is 46.3. The van der Waals surface area contributed by atoms with Crippen LogP contribution in [-0.2, 0) is 21.7 Å². The molecule has 3 aliphatic heterocycles. The van der Waals surface area contributed by atoms with Crippen LogP contribution in [0.4, 0.5) is 34.1 Å². The van der Waals surface area contributed by atoms with E-state index in [4.69, 9.17) is 4.74 Å². The molecule has 0 saturated heterocycles. The quantitative estimate of drug-likeness (QED) is 0.161. The number of anilines is 6. The van der Waals surface area contributed by atoms with Crippen molar-refractivity contribution in [2.75, 3.05) is 9.80 Å². The molecule has 5 heterocycles. The van der Waals surface area contributed by atoms with E-state index in [2.05, 4.69) is 218 Å². The van der Waals surface area contributed by atoms with E-state index in [1.807, 2.05) is 0 Å². The van der Waals surface area contributed by atoms with E-state index in [0.29, 0.717) is 0 Å². The van der Waals surface area contributed by atoms with Crippen LogP contribution in [0, 0.1) is 0 Å². The molecule has 2 unspecified atom stereocenters. The van der Waals surface area contributed by atoms with Crippen LogP contribution in [0.5, 0.6) is 5.75 Å². The second-order valence-electron chi connectivity index (χ2n) is 24.1. The fourth-order valence-electron chi connectivity index (χ4n) is 13.0. The lowest BCUT2D eigenvalue weighted by Gasteiger charge is -2.46. The number of nitrogens with zero attached hydrogens (tertiary/aromatic N) is 3. The minimum atomic E-state index is -0.246. The van der Waals surface area contributed by atoms with Crippen LogP contribution in [0.25, 0.3) is 38.1 Å². The number of fused-ring (bicyclic) bond motifs is 14. The second kappa shape index (κ2) is 13.3. The summed E-state index contributed by atoms with van der Waals surface area (Å²) < 4.78 is 9.87. The van der Waals surface area contributed by atoms with Gasteiger partial charge in [-0.25, -0.2) is 0 Å². The van der Waals surface area contributed by atoms with Gasteiger partial charge >= 0.3 is 0 Å². The Hall–Kier alpha value is -6.20. The van der Waals surface area contributed by atoms with Crippen LogP contribution in [0.2, 0.25) is 0 Å². The highest BCUT2D eigenvalue weighted by atomic mass is 16.5. The number of ether oxygens (including phenoxy) is 1. The third-order valence-electron chi connectivity index (χ3n) is 17.0. The van der Waals surface area contributed by atoms with E-state index in [1.54, 1.807) is 0 Å². The Kier molecular flexibility index (Phi) is 8.13. The van der Waals surface area contributed by atoms with Gasteiger partial charge < -0.3 is 18.9 Å². The first-order chi connectivity index (χ1) is 31.9. The van der Waals surface area contributed by atoms with Gasteiger partial charge in [0.2, 0.25) is 0 Å². The van der Waals surface area contributed by atoms with Crippen molar-refractivity contribution in [1.82, 2.24) is 4.40 Å². The van der Waals surface area contributed by atoms with Crippen molar-refractivity contribution in [3.63, 3.8) is 0 Å². The summed E-state index contributed by atoms with van der Waals surface area (Å²) in [5, 5.41) is 5.21. The van der Waals surface area contributed by atoms with Gasteiger partial charge in [0, 0.05) is 61.0 Å². The van der Waals surface area contributed by atoms with Crippen molar-refractivity contribution in [3.05, 3.63) is 150 Å². The first-order valence-electron chi connectivity index (χ1n) is 24.9. The molecule has 1 fully saturated rings. The maximum Gasteiger partial charge on any atom is 0.252 e. The molecule has 334 valence electrons. The maximum absolute atomic E-state index is 7.32. The maximum atomic E-state index is 7.32. The summed E-state index contributed by atoms with van der Waals surface area (Å²) in [5.74, 6) is 1.07. The molecule has 2 atom stereocenters. The number of benzene rings is 7. The number of rotatable bonds is 2. The lowest BCUT2D eigenvalue weighted by atomic mass is 9.33. The summed E-state index contributed by atoms with van der Waals surface area (Å²) in [6.45, 7) is 25.8. The summed E-state index contributed by atoms with van der Waals surface area (Å²) in [6, 6.07) is 50.0. The molecule has 4 nitrogen and oxygen atoms in total. The fraction of sp³-hybridized carbons (Fsp3) is 0.323. The Morgan fingerprint density at radius 1 is 0.522 bits per heavy atom. The number of para-hydroxylation sites is 2. The zero-order valence-electron chi connectivity index (χ0n) is 41.3. The average molecular weight is 876 g/mol. The normalized spacial score (nSPS) is 20.1. The highest BCUT2D eigenvalue weighted by molar-refractivity contribution is 7.00. The van der Waals surface area contributed by atoms with E-state index >= 15 is 0 Å². The molecule has 67 heavy (non-hydrogen) atoms. The van der Waals surface area contributed by atoms with Gasteiger partial charge in [-0.1, -0.05) is 142 Å². The molecule has 0 amide bonds. The summed E-state index contributed by atoms with van der Waals surface area (Å²) in [6.07, 6.45) is 4.63. The molecular weight excluding hydrogens is 814 g/mol. The van der Waals surface area contributed by atoms with Crippen LogP contribution in [0.15, 0.2) is 127 Å². The molecule has 13 rings (SSSR count). The third-order valence-corrected chi connectivity index (χ3v) is 17.0. The van der Waals surface area contributed by atoms with E-state index in [-0.39, 0.29) is 34.0 Å². The Labute approximate surface area is 397 Å². The van der Waals surface area contributed by atoms with E-state index < -0.39 is 0 Å². The van der Waals surface area contributed by atoms with Crippen molar-refractivity contribution in [1.29, 1.82) is 0 Å². The van der Waals surface area contributed by atoms with Crippen LogP contribution >= 0.6 is 0 Å².